The summed E-state index contributed by atoms with van der Waals surface area (Å²) in [7, 11) is -2.43. The summed E-state index contributed by atoms with van der Waals surface area (Å²) in [5.41, 5.74) is 1.90. The molecule has 1 heterocycles. The largest absolute Gasteiger partial charge is 0.465 e. The molecule has 0 radical (unpaired) electrons. The number of methoxy groups -OCH3 is 1. The Hall–Kier alpha value is -2.97. The lowest BCUT2D eigenvalue weighted by molar-refractivity contribution is 0.0600. The van der Waals surface area contributed by atoms with Crippen molar-refractivity contribution in [3.05, 3.63) is 78.1 Å². The van der Waals surface area contributed by atoms with Crippen molar-refractivity contribution in [1.29, 1.82) is 0 Å². The molecule has 0 saturated heterocycles. The SMILES string of the molecule is COC(=O)c1ccc(S(=O)(=O)NCc2cnn(-c3ccccc3)c2)cc1. The maximum Gasteiger partial charge on any atom is 0.337 e. The number of rotatable bonds is 6. The molecule has 0 fully saturated rings. The molecule has 2 aromatic carbocycles. The van der Waals surface area contributed by atoms with Crippen LogP contribution in [0.15, 0.2) is 71.9 Å². The van der Waals surface area contributed by atoms with Gasteiger partial charge in [0.25, 0.3) is 0 Å². The summed E-state index contributed by atoms with van der Waals surface area (Å²) < 4.78 is 33.5. The predicted octanol–water partition coefficient (Wildman–Crippen LogP) is 2.14. The van der Waals surface area contributed by atoms with Gasteiger partial charge < -0.3 is 4.74 Å². The molecule has 0 unspecified atom stereocenters. The Morgan fingerprint density at radius 1 is 1.12 bits per heavy atom. The number of aromatic nitrogens is 2. The molecule has 1 aromatic heterocycles. The van der Waals surface area contributed by atoms with Crippen molar-refractivity contribution in [1.82, 2.24) is 14.5 Å². The Kier molecular flexibility index (Phi) is 5.15. The van der Waals surface area contributed by atoms with Gasteiger partial charge in [0.2, 0.25) is 10.0 Å². The standard InChI is InChI=1S/C18H17N3O4S/c1-25-18(22)15-7-9-17(10-8-15)26(23,24)20-12-14-11-19-21(13-14)16-5-3-2-4-6-16/h2-11,13,20H,12H2,1H3. The van der Waals surface area contributed by atoms with Gasteiger partial charge in [-0.2, -0.15) is 5.10 Å². The normalized spacial score (nSPS) is 11.3. The van der Waals surface area contributed by atoms with E-state index in [0.717, 1.165) is 11.3 Å². The van der Waals surface area contributed by atoms with Crippen LogP contribution in [0.1, 0.15) is 15.9 Å². The first-order chi connectivity index (χ1) is 12.5. The molecule has 0 aliphatic carbocycles. The molecule has 26 heavy (non-hydrogen) atoms. The zero-order valence-corrected chi connectivity index (χ0v) is 14.8. The highest BCUT2D eigenvalue weighted by Gasteiger charge is 2.15. The second-order valence-electron chi connectivity index (χ2n) is 5.47. The number of sulfonamides is 1. The van der Waals surface area contributed by atoms with Crippen molar-refractivity contribution in [2.45, 2.75) is 11.4 Å². The summed E-state index contributed by atoms with van der Waals surface area (Å²) in [5, 5.41) is 4.23. The quantitative estimate of drug-likeness (QED) is 0.671. The molecule has 3 rings (SSSR count). The maximum absolute atomic E-state index is 12.4. The van der Waals surface area contributed by atoms with E-state index in [1.165, 1.54) is 31.4 Å². The summed E-state index contributed by atoms with van der Waals surface area (Å²) in [6, 6.07) is 15.1. The summed E-state index contributed by atoms with van der Waals surface area (Å²) in [6.07, 6.45) is 3.37. The van der Waals surface area contributed by atoms with Gasteiger partial charge in [0.15, 0.2) is 0 Å². The van der Waals surface area contributed by atoms with E-state index in [1.54, 1.807) is 17.1 Å². The monoisotopic (exact) mass is 371 g/mol. The lowest BCUT2D eigenvalue weighted by Gasteiger charge is -2.06. The number of carbonyl (C=O) groups is 1. The highest BCUT2D eigenvalue weighted by molar-refractivity contribution is 7.89. The van der Waals surface area contributed by atoms with Gasteiger partial charge in [-0.15, -0.1) is 0 Å². The molecule has 0 amide bonds. The van der Waals surface area contributed by atoms with E-state index in [4.69, 9.17) is 0 Å². The highest BCUT2D eigenvalue weighted by Crippen LogP contribution is 2.13. The fourth-order valence-corrected chi connectivity index (χ4v) is 3.34. The first kappa shape index (κ1) is 17.8. The van der Waals surface area contributed by atoms with E-state index in [9.17, 15) is 13.2 Å². The van der Waals surface area contributed by atoms with Crippen molar-refractivity contribution >= 4 is 16.0 Å². The van der Waals surface area contributed by atoms with Crippen LogP contribution in [0, 0.1) is 0 Å². The topological polar surface area (TPSA) is 90.3 Å². The molecule has 0 aliphatic rings. The van der Waals surface area contributed by atoms with Crippen molar-refractivity contribution in [2.75, 3.05) is 7.11 Å². The number of carbonyl (C=O) groups excluding carboxylic acids is 1. The molecular weight excluding hydrogens is 354 g/mol. The molecule has 0 saturated carbocycles. The van der Waals surface area contributed by atoms with Crippen LogP contribution in [0.4, 0.5) is 0 Å². The number of hydrogen-bond donors (Lipinski definition) is 1. The molecule has 1 N–H and O–H groups in total. The van der Waals surface area contributed by atoms with Gasteiger partial charge in [0.1, 0.15) is 0 Å². The number of hydrogen-bond acceptors (Lipinski definition) is 5. The minimum atomic E-state index is -3.70. The molecule has 8 heteroatoms. The number of esters is 1. The minimum absolute atomic E-state index is 0.0700. The average molecular weight is 371 g/mol. The fourth-order valence-electron chi connectivity index (χ4n) is 2.32. The fraction of sp³-hybridized carbons (Fsp3) is 0.111. The summed E-state index contributed by atoms with van der Waals surface area (Å²) >= 11 is 0. The van der Waals surface area contributed by atoms with Crippen molar-refractivity contribution in [3.8, 4) is 5.69 Å². The zero-order valence-electron chi connectivity index (χ0n) is 14.0. The van der Waals surface area contributed by atoms with Crippen LogP contribution in [-0.2, 0) is 21.3 Å². The van der Waals surface area contributed by atoms with Crippen LogP contribution in [0.2, 0.25) is 0 Å². The van der Waals surface area contributed by atoms with Crippen LogP contribution in [0.25, 0.3) is 5.69 Å². The average Bonchev–Trinajstić information content (AvgIpc) is 3.16. The van der Waals surface area contributed by atoms with Gasteiger partial charge in [-0.3, -0.25) is 0 Å². The number of nitrogens with zero attached hydrogens (tertiary/aromatic N) is 2. The lowest BCUT2D eigenvalue weighted by Crippen LogP contribution is -2.23. The van der Waals surface area contributed by atoms with E-state index >= 15 is 0 Å². The van der Waals surface area contributed by atoms with Crippen LogP contribution in [0.5, 0.6) is 0 Å². The first-order valence-corrected chi connectivity index (χ1v) is 9.25. The molecule has 3 aromatic rings. The van der Waals surface area contributed by atoms with Crippen LogP contribution in [-0.4, -0.2) is 31.3 Å². The second kappa shape index (κ2) is 7.51. The molecule has 0 aliphatic heterocycles. The highest BCUT2D eigenvalue weighted by atomic mass is 32.2. The molecule has 0 bridgehead atoms. The molecular formula is C18H17N3O4S. The van der Waals surface area contributed by atoms with Crippen LogP contribution in [0.3, 0.4) is 0 Å². The Morgan fingerprint density at radius 2 is 1.81 bits per heavy atom. The van der Waals surface area contributed by atoms with Crippen LogP contribution < -0.4 is 4.72 Å². The van der Waals surface area contributed by atoms with E-state index in [2.05, 4.69) is 14.6 Å². The zero-order chi connectivity index (χ0) is 18.6. The van der Waals surface area contributed by atoms with Crippen molar-refractivity contribution < 1.29 is 17.9 Å². The van der Waals surface area contributed by atoms with Gasteiger partial charge in [-0.1, -0.05) is 18.2 Å². The van der Waals surface area contributed by atoms with Gasteiger partial charge in [0.05, 0.1) is 29.5 Å². The van der Waals surface area contributed by atoms with E-state index < -0.39 is 16.0 Å². The number of benzene rings is 2. The molecule has 0 atom stereocenters. The number of para-hydroxylation sites is 1. The molecule has 134 valence electrons. The predicted molar refractivity (Wildman–Crippen MR) is 95.4 cm³/mol. The van der Waals surface area contributed by atoms with Crippen LogP contribution >= 0.6 is 0 Å². The summed E-state index contributed by atoms with van der Waals surface area (Å²) in [4.78, 5) is 11.5. The Bertz CT molecular complexity index is 996. The van der Waals surface area contributed by atoms with E-state index in [0.29, 0.717) is 0 Å². The third-order valence-corrected chi connectivity index (χ3v) is 5.13. The van der Waals surface area contributed by atoms with Gasteiger partial charge in [-0.05, 0) is 36.4 Å². The Morgan fingerprint density at radius 3 is 2.46 bits per heavy atom. The maximum atomic E-state index is 12.4. The third kappa shape index (κ3) is 3.98. The Balaban J connectivity index is 1.69. The van der Waals surface area contributed by atoms with Crippen molar-refractivity contribution in [2.24, 2.45) is 0 Å². The van der Waals surface area contributed by atoms with Gasteiger partial charge in [0, 0.05) is 18.3 Å². The lowest BCUT2D eigenvalue weighted by atomic mass is 10.2. The van der Waals surface area contributed by atoms with E-state index in [-0.39, 0.29) is 17.0 Å². The minimum Gasteiger partial charge on any atom is -0.465 e. The van der Waals surface area contributed by atoms with E-state index in [1.807, 2.05) is 30.3 Å². The smallest absolute Gasteiger partial charge is 0.337 e. The number of nitrogens with one attached hydrogen (secondary N) is 1. The summed E-state index contributed by atoms with van der Waals surface area (Å²) in [6.45, 7) is 0.105. The third-order valence-electron chi connectivity index (χ3n) is 3.71. The molecule has 7 nitrogen and oxygen atoms in total. The molecule has 0 spiro atoms. The van der Waals surface area contributed by atoms with Crippen molar-refractivity contribution in [3.63, 3.8) is 0 Å². The second-order valence-corrected chi connectivity index (χ2v) is 7.24. The first-order valence-electron chi connectivity index (χ1n) is 7.76. The summed E-state index contributed by atoms with van der Waals surface area (Å²) in [5.74, 6) is -0.518. The number of ether oxygens (including phenoxy) is 1. The van der Waals surface area contributed by atoms with Gasteiger partial charge in [-0.25, -0.2) is 22.6 Å². The Labute approximate surface area is 151 Å². The van der Waals surface area contributed by atoms with Gasteiger partial charge >= 0.3 is 5.97 Å².